The molecule has 2 amide bonds. The van der Waals surface area contributed by atoms with Gasteiger partial charge in [-0.05, 0) is 29.0 Å². The summed E-state index contributed by atoms with van der Waals surface area (Å²) in [4.78, 5) is 26.2. The molecule has 0 bridgehead atoms. The van der Waals surface area contributed by atoms with Crippen LogP contribution in [0.15, 0.2) is 35.0 Å². The average molecular weight is 322 g/mol. The Morgan fingerprint density at radius 1 is 1.33 bits per heavy atom. The van der Waals surface area contributed by atoms with E-state index in [4.69, 9.17) is 4.74 Å². The number of nitrogens with one attached hydrogen (secondary N) is 1. The minimum absolute atomic E-state index is 0.0527. The summed E-state index contributed by atoms with van der Waals surface area (Å²) in [5, 5.41) is 7.54. The molecule has 0 aromatic carbocycles. The Labute approximate surface area is 130 Å². The molecule has 3 heterocycles. The first kappa shape index (κ1) is 14.1. The zero-order chi connectivity index (χ0) is 14.7. The number of cyclic esters (lactones) is 1. The van der Waals surface area contributed by atoms with E-state index in [1.54, 1.807) is 16.2 Å². The van der Waals surface area contributed by atoms with Crippen LogP contribution in [0.4, 0.5) is 9.80 Å². The fourth-order valence-electron chi connectivity index (χ4n) is 2.09. The Morgan fingerprint density at radius 2 is 2.14 bits per heavy atom. The van der Waals surface area contributed by atoms with Crippen molar-refractivity contribution in [1.82, 2.24) is 5.32 Å². The van der Waals surface area contributed by atoms with Crippen LogP contribution in [-0.4, -0.2) is 31.2 Å². The average Bonchev–Trinajstić information content (AvgIpc) is 3.17. The van der Waals surface area contributed by atoms with E-state index in [0.29, 0.717) is 19.5 Å². The first-order valence-electron chi connectivity index (χ1n) is 6.53. The van der Waals surface area contributed by atoms with Gasteiger partial charge < -0.3 is 10.1 Å². The van der Waals surface area contributed by atoms with Crippen molar-refractivity contribution in [2.24, 2.45) is 0 Å². The van der Waals surface area contributed by atoms with Gasteiger partial charge in [0.25, 0.3) is 0 Å². The van der Waals surface area contributed by atoms with E-state index in [-0.39, 0.29) is 18.1 Å². The number of ether oxygens (including phenoxy) is 1. The molecular formula is C14H14N2O3S2. The van der Waals surface area contributed by atoms with E-state index in [2.05, 4.69) is 5.32 Å². The number of hydrogen-bond donors (Lipinski definition) is 1. The molecule has 1 aliphatic heterocycles. The van der Waals surface area contributed by atoms with Crippen LogP contribution < -0.4 is 10.2 Å². The molecule has 0 saturated carbocycles. The lowest BCUT2D eigenvalue weighted by molar-refractivity contribution is -0.120. The summed E-state index contributed by atoms with van der Waals surface area (Å²) < 4.78 is 5.26. The first-order valence-corrected chi connectivity index (χ1v) is 8.29. The van der Waals surface area contributed by atoms with Gasteiger partial charge in [0, 0.05) is 4.88 Å². The highest BCUT2D eigenvalue weighted by Crippen LogP contribution is 2.26. The summed E-state index contributed by atoms with van der Waals surface area (Å²) >= 11 is 3.05. The SMILES string of the molecule is O=C(Cc1cccs1)NCC1CN(c2cccs2)C(=O)O1. The van der Waals surface area contributed by atoms with Gasteiger partial charge in [-0.2, -0.15) is 0 Å². The topological polar surface area (TPSA) is 58.6 Å². The molecule has 7 heteroatoms. The van der Waals surface area contributed by atoms with Crippen molar-refractivity contribution in [3.63, 3.8) is 0 Å². The first-order chi connectivity index (χ1) is 10.2. The van der Waals surface area contributed by atoms with E-state index < -0.39 is 0 Å². The molecule has 1 atom stereocenters. The minimum Gasteiger partial charge on any atom is -0.442 e. The third kappa shape index (κ3) is 3.43. The number of nitrogens with zero attached hydrogens (tertiary/aromatic N) is 1. The van der Waals surface area contributed by atoms with Crippen molar-refractivity contribution in [1.29, 1.82) is 0 Å². The maximum atomic E-state index is 11.8. The quantitative estimate of drug-likeness (QED) is 0.920. The molecule has 2 aromatic rings. The molecule has 3 rings (SSSR count). The smallest absolute Gasteiger partial charge is 0.415 e. The third-order valence-corrected chi connectivity index (χ3v) is 4.86. The number of carbonyl (C=O) groups is 2. The van der Waals surface area contributed by atoms with Gasteiger partial charge in [-0.3, -0.25) is 9.69 Å². The van der Waals surface area contributed by atoms with Crippen molar-refractivity contribution in [3.8, 4) is 0 Å². The Bertz CT molecular complexity index is 610. The summed E-state index contributed by atoms with van der Waals surface area (Å²) in [6.45, 7) is 0.816. The van der Waals surface area contributed by atoms with Crippen LogP contribution in [-0.2, 0) is 16.0 Å². The number of amides is 2. The number of carbonyl (C=O) groups excluding carboxylic acids is 2. The van der Waals surface area contributed by atoms with E-state index in [1.807, 2.05) is 35.0 Å². The standard InChI is InChI=1S/C14H14N2O3S2/c17-12(7-11-3-1-5-20-11)15-8-10-9-16(14(18)19-10)13-4-2-6-21-13/h1-6,10H,7-9H2,(H,15,17). The lowest BCUT2D eigenvalue weighted by atomic mass is 10.3. The largest absolute Gasteiger partial charge is 0.442 e. The van der Waals surface area contributed by atoms with Crippen molar-refractivity contribution < 1.29 is 14.3 Å². The molecule has 0 spiro atoms. The third-order valence-electron chi connectivity index (χ3n) is 3.09. The van der Waals surface area contributed by atoms with Gasteiger partial charge in [0.05, 0.1) is 19.5 Å². The van der Waals surface area contributed by atoms with Crippen molar-refractivity contribution in [3.05, 3.63) is 39.9 Å². The van der Waals surface area contributed by atoms with E-state index >= 15 is 0 Å². The number of thiophene rings is 2. The van der Waals surface area contributed by atoms with Gasteiger partial charge in [0.15, 0.2) is 0 Å². The predicted molar refractivity (Wildman–Crippen MR) is 83.0 cm³/mol. The van der Waals surface area contributed by atoms with E-state index in [0.717, 1.165) is 9.88 Å². The molecule has 1 saturated heterocycles. The normalized spacial score (nSPS) is 17.8. The zero-order valence-corrected chi connectivity index (χ0v) is 12.8. The fourth-order valence-corrected chi connectivity index (χ4v) is 3.53. The molecular weight excluding hydrogens is 308 g/mol. The molecule has 1 aliphatic rings. The molecule has 0 radical (unpaired) electrons. The van der Waals surface area contributed by atoms with Crippen LogP contribution in [0.3, 0.4) is 0 Å². The number of hydrogen-bond acceptors (Lipinski definition) is 5. The van der Waals surface area contributed by atoms with Gasteiger partial charge in [0.2, 0.25) is 5.91 Å². The van der Waals surface area contributed by atoms with Crippen LogP contribution in [0.25, 0.3) is 0 Å². The second kappa shape index (κ2) is 6.28. The van der Waals surface area contributed by atoms with Crippen LogP contribution in [0.2, 0.25) is 0 Å². The summed E-state index contributed by atoms with van der Waals surface area (Å²) in [6.07, 6.45) is -0.283. The Morgan fingerprint density at radius 3 is 2.86 bits per heavy atom. The maximum Gasteiger partial charge on any atom is 0.415 e. The van der Waals surface area contributed by atoms with Crippen molar-refractivity contribution in [2.75, 3.05) is 18.0 Å². The van der Waals surface area contributed by atoms with Crippen molar-refractivity contribution >= 4 is 39.7 Å². The summed E-state index contributed by atoms with van der Waals surface area (Å²) in [6, 6.07) is 7.62. The van der Waals surface area contributed by atoms with E-state index in [9.17, 15) is 9.59 Å². The van der Waals surface area contributed by atoms with Crippen molar-refractivity contribution in [2.45, 2.75) is 12.5 Å². The predicted octanol–water partition coefficient (Wildman–Crippen LogP) is 2.49. The van der Waals surface area contributed by atoms with E-state index in [1.165, 1.54) is 11.3 Å². The highest BCUT2D eigenvalue weighted by atomic mass is 32.1. The molecule has 2 aromatic heterocycles. The van der Waals surface area contributed by atoms with Gasteiger partial charge in [0.1, 0.15) is 11.1 Å². The summed E-state index contributed by atoms with van der Waals surface area (Å²) in [5.41, 5.74) is 0. The second-order valence-electron chi connectivity index (χ2n) is 4.63. The van der Waals surface area contributed by atoms with Gasteiger partial charge in [-0.15, -0.1) is 22.7 Å². The van der Waals surface area contributed by atoms with Crippen LogP contribution >= 0.6 is 22.7 Å². The lowest BCUT2D eigenvalue weighted by Crippen LogP contribution is -2.35. The molecule has 110 valence electrons. The Hall–Kier alpha value is -1.86. The van der Waals surface area contributed by atoms with Gasteiger partial charge in [-0.25, -0.2) is 4.79 Å². The maximum absolute atomic E-state index is 11.8. The number of anilines is 1. The fraction of sp³-hybridized carbons (Fsp3) is 0.286. The highest BCUT2D eigenvalue weighted by molar-refractivity contribution is 7.14. The zero-order valence-electron chi connectivity index (χ0n) is 11.2. The minimum atomic E-state index is -0.352. The van der Waals surface area contributed by atoms with Gasteiger partial charge >= 0.3 is 6.09 Å². The summed E-state index contributed by atoms with van der Waals surface area (Å²) in [7, 11) is 0. The molecule has 5 nitrogen and oxygen atoms in total. The molecule has 1 unspecified atom stereocenters. The van der Waals surface area contributed by atoms with Crippen LogP contribution in [0.1, 0.15) is 4.88 Å². The van der Waals surface area contributed by atoms with Crippen LogP contribution in [0, 0.1) is 0 Å². The summed E-state index contributed by atoms with van der Waals surface area (Å²) in [5.74, 6) is -0.0527. The molecule has 1 N–H and O–H groups in total. The monoisotopic (exact) mass is 322 g/mol. The second-order valence-corrected chi connectivity index (χ2v) is 6.59. The highest BCUT2D eigenvalue weighted by Gasteiger charge is 2.32. The molecule has 21 heavy (non-hydrogen) atoms. The van der Waals surface area contributed by atoms with Crippen LogP contribution in [0.5, 0.6) is 0 Å². The Balaban J connectivity index is 1.48. The Kier molecular flexibility index (Phi) is 4.21. The molecule has 1 fully saturated rings. The van der Waals surface area contributed by atoms with Gasteiger partial charge in [-0.1, -0.05) is 6.07 Å². The molecule has 0 aliphatic carbocycles. The number of rotatable bonds is 5. The lowest BCUT2D eigenvalue weighted by Gasteiger charge is -2.10.